The van der Waals surface area contributed by atoms with Gasteiger partial charge in [0.15, 0.2) is 0 Å². The molecule has 0 bridgehead atoms. The fourth-order valence-electron chi connectivity index (χ4n) is 2.84. The predicted molar refractivity (Wildman–Crippen MR) is 91.0 cm³/mol. The number of rotatable bonds is 9. The Hall–Kier alpha value is -1.44. The van der Waals surface area contributed by atoms with Crippen molar-refractivity contribution in [3.8, 4) is 5.75 Å². The molecule has 0 aliphatic carbocycles. The first-order chi connectivity index (χ1) is 10.3. The van der Waals surface area contributed by atoms with Crippen LogP contribution in [0, 0.1) is 5.92 Å². The quantitative estimate of drug-likeness (QED) is 0.581. The molecule has 1 heterocycles. The van der Waals surface area contributed by atoms with Gasteiger partial charge in [-0.3, -0.25) is 0 Å². The van der Waals surface area contributed by atoms with Gasteiger partial charge in [0.1, 0.15) is 5.75 Å². The largest absolute Gasteiger partial charge is 0.494 e. The van der Waals surface area contributed by atoms with E-state index < -0.39 is 0 Å². The van der Waals surface area contributed by atoms with Gasteiger partial charge in [-0.1, -0.05) is 40.0 Å². The molecule has 0 saturated heterocycles. The number of nitrogens with zero attached hydrogens (tertiary/aromatic N) is 1. The maximum Gasteiger partial charge on any atom is 0.120 e. The lowest BCUT2D eigenvalue weighted by Crippen LogP contribution is -2.09. The summed E-state index contributed by atoms with van der Waals surface area (Å²) in [5.74, 6) is 1.77. The van der Waals surface area contributed by atoms with Crippen molar-refractivity contribution in [1.29, 1.82) is 0 Å². The first-order valence-corrected chi connectivity index (χ1v) is 8.50. The first-order valence-electron chi connectivity index (χ1n) is 8.50. The topological polar surface area (TPSA) is 14.2 Å². The summed E-state index contributed by atoms with van der Waals surface area (Å²) in [6.45, 7) is 8.64. The van der Waals surface area contributed by atoms with Gasteiger partial charge in [-0.25, -0.2) is 0 Å². The Kier molecular flexibility index (Phi) is 6.16. The van der Waals surface area contributed by atoms with Crippen LogP contribution < -0.4 is 4.74 Å². The molecule has 1 aromatic heterocycles. The van der Waals surface area contributed by atoms with Gasteiger partial charge in [0.25, 0.3) is 0 Å². The summed E-state index contributed by atoms with van der Waals surface area (Å²) >= 11 is 0. The summed E-state index contributed by atoms with van der Waals surface area (Å²) in [5.41, 5.74) is 1.33. The molecule has 1 aromatic carbocycles. The zero-order valence-corrected chi connectivity index (χ0v) is 13.8. The second kappa shape index (κ2) is 8.11. The maximum atomic E-state index is 5.72. The molecule has 0 aliphatic heterocycles. The monoisotopic (exact) mass is 287 g/mol. The zero-order chi connectivity index (χ0) is 15.1. The van der Waals surface area contributed by atoms with Gasteiger partial charge in [0.05, 0.1) is 6.61 Å². The highest BCUT2D eigenvalue weighted by Crippen LogP contribution is 2.24. The second-order valence-corrected chi connectivity index (χ2v) is 5.95. The molecule has 2 heteroatoms. The van der Waals surface area contributed by atoms with Gasteiger partial charge < -0.3 is 9.30 Å². The molecule has 2 rings (SSSR count). The zero-order valence-electron chi connectivity index (χ0n) is 13.8. The summed E-state index contributed by atoms with van der Waals surface area (Å²) in [5, 5.41) is 1.29. The van der Waals surface area contributed by atoms with Gasteiger partial charge in [-0.05, 0) is 43.0 Å². The fourth-order valence-corrected chi connectivity index (χ4v) is 2.84. The molecule has 116 valence electrons. The molecule has 2 nitrogen and oxygen atoms in total. The summed E-state index contributed by atoms with van der Waals surface area (Å²) in [6.07, 6.45) is 8.51. The minimum absolute atomic E-state index is 0.788. The van der Waals surface area contributed by atoms with Crippen molar-refractivity contribution in [3.05, 3.63) is 30.5 Å². The maximum absolute atomic E-state index is 5.72. The highest BCUT2D eigenvalue weighted by atomic mass is 16.5. The lowest BCUT2D eigenvalue weighted by molar-refractivity contribution is 0.318. The van der Waals surface area contributed by atoms with E-state index in [9.17, 15) is 0 Å². The van der Waals surface area contributed by atoms with Crippen molar-refractivity contribution in [2.24, 2.45) is 5.92 Å². The van der Waals surface area contributed by atoms with E-state index in [1.165, 1.54) is 36.6 Å². The number of aromatic nitrogens is 1. The van der Waals surface area contributed by atoms with Gasteiger partial charge in [-0.2, -0.15) is 0 Å². The first kappa shape index (κ1) is 15.9. The van der Waals surface area contributed by atoms with Gasteiger partial charge >= 0.3 is 0 Å². The van der Waals surface area contributed by atoms with E-state index in [-0.39, 0.29) is 0 Å². The van der Waals surface area contributed by atoms with E-state index in [1.807, 2.05) is 0 Å². The number of hydrogen-bond acceptors (Lipinski definition) is 1. The summed E-state index contributed by atoms with van der Waals surface area (Å²) in [7, 11) is 0. The molecule has 2 aromatic rings. The van der Waals surface area contributed by atoms with Crippen LogP contribution in [0.2, 0.25) is 0 Å². The number of hydrogen-bond donors (Lipinski definition) is 0. The average molecular weight is 287 g/mol. The van der Waals surface area contributed by atoms with Gasteiger partial charge in [-0.15, -0.1) is 0 Å². The number of benzene rings is 1. The van der Waals surface area contributed by atoms with E-state index in [0.29, 0.717) is 0 Å². The van der Waals surface area contributed by atoms with E-state index in [2.05, 4.69) is 55.8 Å². The van der Waals surface area contributed by atoms with Gasteiger partial charge in [0, 0.05) is 23.6 Å². The van der Waals surface area contributed by atoms with E-state index in [0.717, 1.165) is 31.2 Å². The Labute approximate surface area is 129 Å². The lowest BCUT2D eigenvalue weighted by Gasteiger charge is -2.16. The Morgan fingerprint density at radius 2 is 1.95 bits per heavy atom. The molecular weight excluding hydrogens is 258 g/mol. The average Bonchev–Trinajstić information content (AvgIpc) is 2.91. The third-order valence-corrected chi connectivity index (χ3v) is 4.21. The van der Waals surface area contributed by atoms with Crippen LogP contribution in [0.4, 0.5) is 0 Å². The minimum Gasteiger partial charge on any atom is -0.494 e. The van der Waals surface area contributed by atoms with Crippen molar-refractivity contribution in [2.75, 3.05) is 6.61 Å². The molecule has 0 fully saturated rings. The van der Waals surface area contributed by atoms with Gasteiger partial charge in [0.2, 0.25) is 0 Å². The van der Waals surface area contributed by atoms with Crippen LogP contribution >= 0.6 is 0 Å². The molecule has 0 N–H and O–H groups in total. The van der Waals surface area contributed by atoms with Crippen molar-refractivity contribution in [2.45, 2.75) is 59.4 Å². The lowest BCUT2D eigenvalue weighted by atomic mass is 9.99. The smallest absolute Gasteiger partial charge is 0.120 e. The summed E-state index contributed by atoms with van der Waals surface area (Å²) in [6, 6.07) is 8.67. The van der Waals surface area contributed by atoms with Crippen LogP contribution in [0.1, 0.15) is 52.9 Å². The molecule has 0 saturated carbocycles. The Morgan fingerprint density at radius 3 is 2.67 bits per heavy atom. The molecule has 0 aliphatic rings. The third kappa shape index (κ3) is 4.26. The number of unbranched alkanes of at least 4 members (excludes halogenated alkanes) is 1. The highest BCUT2D eigenvalue weighted by Gasteiger charge is 2.09. The highest BCUT2D eigenvalue weighted by molar-refractivity contribution is 5.81. The van der Waals surface area contributed by atoms with E-state index in [4.69, 9.17) is 4.74 Å². The van der Waals surface area contributed by atoms with E-state index in [1.54, 1.807) is 0 Å². The van der Waals surface area contributed by atoms with Crippen molar-refractivity contribution < 1.29 is 4.74 Å². The van der Waals surface area contributed by atoms with Crippen molar-refractivity contribution in [3.63, 3.8) is 0 Å². The van der Waals surface area contributed by atoms with Crippen molar-refractivity contribution in [1.82, 2.24) is 4.57 Å². The second-order valence-electron chi connectivity index (χ2n) is 5.95. The summed E-state index contributed by atoms with van der Waals surface area (Å²) in [4.78, 5) is 0. The molecular formula is C19H29NO. The third-order valence-electron chi connectivity index (χ3n) is 4.21. The molecule has 0 spiro atoms. The SMILES string of the molecule is CCCCC(CC)Cn1ccc2cc(OCCC)ccc21. The van der Waals surface area contributed by atoms with Crippen LogP contribution in [0.15, 0.2) is 30.5 Å². The van der Waals surface area contributed by atoms with Crippen LogP contribution in [0.5, 0.6) is 5.75 Å². The van der Waals surface area contributed by atoms with E-state index >= 15 is 0 Å². The fraction of sp³-hybridized carbons (Fsp3) is 0.579. The predicted octanol–water partition coefficient (Wildman–Crippen LogP) is 5.65. The van der Waals surface area contributed by atoms with Crippen LogP contribution in [-0.4, -0.2) is 11.2 Å². The molecule has 1 unspecified atom stereocenters. The van der Waals surface area contributed by atoms with Crippen LogP contribution in [0.3, 0.4) is 0 Å². The minimum atomic E-state index is 0.788. The molecule has 1 atom stereocenters. The number of fused-ring (bicyclic) bond motifs is 1. The summed E-state index contributed by atoms with van der Waals surface area (Å²) < 4.78 is 8.12. The molecule has 0 radical (unpaired) electrons. The van der Waals surface area contributed by atoms with Crippen molar-refractivity contribution >= 4 is 10.9 Å². The normalized spacial score (nSPS) is 12.7. The Morgan fingerprint density at radius 1 is 1.10 bits per heavy atom. The van der Waals surface area contributed by atoms with Crippen LogP contribution in [0.25, 0.3) is 10.9 Å². The number of ether oxygens (including phenoxy) is 1. The Bertz CT molecular complexity index is 543. The Balaban J connectivity index is 2.10. The standard InChI is InChI=1S/C19H29NO/c1-4-7-8-16(6-3)15-20-12-11-17-14-18(21-13-5-2)9-10-19(17)20/h9-12,14,16H,4-8,13,15H2,1-3H3. The van der Waals surface area contributed by atoms with Crippen LogP contribution in [-0.2, 0) is 6.54 Å². The molecule has 0 amide bonds. The molecule has 21 heavy (non-hydrogen) atoms.